The molecule has 2 aromatic rings. The molecule has 0 saturated heterocycles. The molecule has 1 unspecified atom stereocenters. The van der Waals surface area contributed by atoms with E-state index in [0.717, 1.165) is 11.1 Å². The summed E-state index contributed by atoms with van der Waals surface area (Å²) in [5.74, 6) is -0.571. The zero-order valence-corrected chi connectivity index (χ0v) is 13.9. The number of nitrogens with one attached hydrogen (secondary N) is 1. The zero-order valence-electron chi connectivity index (χ0n) is 10.8. The Morgan fingerprint density at radius 1 is 1.10 bits per heavy atom. The van der Waals surface area contributed by atoms with Crippen LogP contribution in [0.1, 0.15) is 17.2 Å². The summed E-state index contributed by atoms with van der Waals surface area (Å²) in [7, 11) is 1.82. The van der Waals surface area contributed by atoms with Gasteiger partial charge in [-0.05, 0) is 70.9 Å². The van der Waals surface area contributed by atoms with Gasteiger partial charge >= 0.3 is 0 Å². The summed E-state index contributed by atoms with van der Waals surface area (Å²) in [6, 6.07) is 9.66. The summed E-state index contributed by atoms with van der Waals surface area (Å²) in [5, 5.41) is 3.16. The first-order valence-electron chi connectivity index (χ1n) is 6.07. The fourth-order valence-corrected chi connectivity index (χ4v) is 2.97. The highest BCUT2D eigenvalue weighted by molar-refractivity contribution is 9.10. The molecule has 2 rings (SSSR count). The van der Waals surface area contributed by atoms with Crippen LogP contribution < -0.4 is 5.32 Å². The van der Waals surface area contributed by atoms with Crippen molar-refractivity contribution in [3.63, 3.8) is 0 Å². The molecule has 0 heterocycles. The van der Waals surface area contributed by atoms with Gasteiger partial charge in [0.05, 0.1) is 4.47 Å². The van der Waals surface area contributed by atoms with E-state index >= 15 is 0 Å². The van der Waals surface area contributed by atoms with Gasteiger partial charge in [0.2, 0.25) is 0 Å². The van der Waals surface area contributed by atoms with E-state index in [1.807, 2.05) is 13.1 Å². The zero-order chi connectivity index (χ0) is 14.7. The summed E-state index contributed by atoms with van der Waals surface area (Å²) in [6.07, 6.45) is 0.644. The summed E-state index contributed by atoms with van der Waals surface area (Å²) in [5.41, 5.74) is 1.82. The molecule has 0 amide bonds. The summed E-state index contributed by atoms with van der Waals surface area (Å²) >= 11 is 6.47. The first-order chi connectivity index (χ1) is 9.49. The molecular formula is C15H13Br2F2N. The molecule has 0 fully saturated rings. The first kappa shape index (κ1) is 15.6. The molecule has 0 radical (unpaired) electrons. The van der Waals surface area contributed by atoms with Crippen molar-refractivity contribution in [1.29, 1.82) is 0 Å². The molecule has 0 aromatic heterocycles. The maximum atomic E-state index is 13.5. The SMILES string of the molecule is CNC(Cc1ccc(F)c(Br)c1)c1cc(F)cc(Br)c1. The normalized spacial score (nSPS) is 12.4. The number of hydrogen-bond acceptors (Lipinski definition) is 1. The standard InChI is InChI=1S/C15H13Br2F2N/c1-20-15(10-6-11(16)8-12(18)7-10)5-9-2-3-14(19)13(17)4-9/h2-4,6-8,15,20H,5H2,1H3. The minimum absolute atomic E-state index is 0.0423. The van der Waals surface area contributed by atoms with E-state index in [9.17, 15) is 8.78 Å². The Balaban J connectivity index is 2.26. The molecule has 0 aliphatic heterocycles. The van der Waals surface area contributed by atoms with Gasteiger partial charge in [-0.1, -0.05) is 22.0 Å². The van der Waals surface area contributed by atoms with Gasteiger partial charge in [-0.15, -0.1) is 0 Å². The molecule has 1 nitrogen and oxygen atoms in total. The van der Waals surface area contributed by atoms with Crippen LogP contribution in [0.4, 0.5) is 8.78 Å². The van der Waals surface area contributed by atoms with Crippen LogP contribution in [0.5, 0.6) is 0 Å². The number of hydrogen-bond donors (Lipinski definition) is 1. The molecule has 20 heavy (non-hydrogen) atoms. The molecule has 0 aliphatic carbocycles. The monoisotopic (exact) mass is 403 g/mol. The topological polar surface area (TPSA) is 12.0 Å². The van der Waals surface area contributed by atoms with E-state index in [0.29, 0.717) is 15.4 Å². The fourth-order valence-electron chi connectivity index (χ4n) is 2.07. The minimum Gasteiger partial charge on any atom is -0.313 e. The Hall–Kier alpha value is -0.780. The second kappa shape index (κ2) is 6.78. The molecule has 0 saturated carbocycles. The average molecular weight is 405 g/mol. The second-order valence-electron chi connectivity index (χ2n) is 4.50. The van der Waals surface area contributed by atoms with Crippen LogP contribution >= 0.6 is 31.9 Å². The van der Waals surface area contributed by atoms with Crippen LogP contribution in [0.15, 0.2) is 45.3 Å². The first-order valence-corrected chi connectivity index (χ1v) is 7.65. The maximum absolute atomic E-state index is 13.5. The predicted molar refractivity (Wildman–Crippen MR) is 83.7 cm³/mol. The van der Waals surface area contributed by atoms with Crippen LogP contribution in [-0.4, -0.2) is 7.05 Å². The molecule has 1 atom stereocenters. The van der Waals surface area contributed by atoms with E-state index < -0.39 is 0 Å². The average Bonchev–Trinajstić information content (AvgIpc) is 2.38. The van der Waals surface area contributed by atoms with Gasteiger partial charge < -0.3 is 5.32 Å². The number of halogens is 4. The number of likely N-dealkylation sites (N-methyl/N-ethyl adjacent to an activating group) is 1. The Kier molecular flexibility index (Phi) is 5.29. The van der Waals surface area contributed by atoms with E-state index in [2.05, 4.69) is 37.2 Å². The molecule has 0 spiro atoms. The van der Waals surface area contributed by atoms with Crippen molar-refractivity contribution in [3.8, 4) is 0 Å². The van der Waals surface area contributed by atoms with Crippen LogP contribution in [0.2, 0.25) is 0 Å². The lowest BCUT2D eigenvalue weighted by Crippen LogP contribution is -2.19. The Labute approximate surface area is 133 Å². The Bertz CT molecular complexity index is 597. The van der Waals surface area contributed by atoms with Gasteiger partial charge in [0.1, 0.15) is 11.6 Å². The van der Waals surface area contributed by atoms with Gasteiger partial charge in [0.15, 0.2) is 0 Å². The van der Waals surface area contributed by atoms with E-state index in [1.165, 1.54) is 18.2 Å². The van der Waals surface area contributed by atoms with Crippen molar-refractivity contribution in [2.24, 2.45) is 0 Å². The summed E-state index contributed by atoms with van der Waals surface area (Å²) < 4.78 is 27.8. The lowest BCUT2D eigenvalue weighted by molar-refractivity contribution is 0.574. The van der Waals surface area contributed by atoms with E-state index in [-0.39, 0.29) is 17.7 Å². The van der Waals surface area contributed by atoms with Crippen LogP contribution in [0, 0.1) is 11.6 Å². The van der Waals surface area contributed by atoms with Crippen LogP contribution in [0.25, 0.3) is 0 Å². The second-order valence-corrected chi connectivity index (χ2v) is 6.27. The van der Waals surface area contributed by atoms with E-state index in [4.69, 9.17) is 0 Å². The van der Waals surface area contributed by atoms with Crippen molar-refractivity contribution < 1.29 is 8.78 Å². The maximum Gasteiger partial charge on any atom is 0.137 e. The van der Waals surface area contributed by atoms with Crippen molar-refractivity contribution in [2.45, 2.75) is 12.5 Å². The number of benzene rings is 2. The molecule has 5 heteroatoms. The third-order valence-corrected chi connectivity index (χ3v) is 4.13. The van der Waals surface area contributed by atoms with Crippen molar-refractivity contribution in [3.05, 3.63) is 68.1 Å². The van der Waals surface area contributed by atoms with Gasteiger partial charge in [-0.3, -0.25) is 0 Å². The highest BCUT2D eigenvalue weighted by Crippen LogP contribution is 2.25. The fraction of sp³-hybridized carbons (Fsp3) is 0.200. The summed E-state index contributed by atoms with van der Waals surface area (Å²) in [4.78, 5) is 0. The highest BCUT2D eigenvalue weighted by atomic mass is 79.9. The van der Waals surface area contributed by atoms with Crippen LogP contribution in [0.3, 0.4) is 0 Å². The van der Waals surface area contributed by atoms with Crippen molar-refractivity contribution >= 4 is 31.9 Å². The van der Waals surface area contributed by atoms with Gasteiger partial charge in [-0.25, -0.2) is 8.78 Å². The van der Waals surface area contributed by atoms with Crippen molar-refractivity contribution in [2.75, 3.05) is 7.05 Å². The van der Waals surface area contributed by atoms with Gasteiger partial charge in [0.25, 0.3) is 0 Å². The highest BCUT2D eigenvalue weighted by Gasteiger charge is 2.13. The predicted octanol–water partition coefficient (Wildman–Crippen LogP) is 4.99. The smallest absolute Gasteiger partial charge is 0.137 e. The summed E-state index contributed by atoms with van der Waals surface area (Å²) in [6.45, 7) is 0. The number of rotatable bonds is 4. The van der Waals surface area contributed by atoms with Crippen molar-refractivity contribution in [1.82, 2.24) is 5.32 Å². The Morgan fingerprint density at radius 2 is 1.85 bits per heavy atom. The van der Waals surface area contributed by atoms with E-state index in [1.54, 1.807) is 12.1 Å². The molecule has 1 N–H and O–H groups in total. The van der Waals surface area contributed by atoms with Gasteiger partial charge in [-0.2, -0.15) is 0 Å². The molecule has 2 aromatic carbocycles. The lowest BCUT2D eigenvalue weighted by atomic mass is 9.99. The third-order valence-electron chi connectivity index (χ3n) is 3.06. The van der Waals surface area contributed by atoms with Gasteiger partial charge in [0, 0.05) is 10.5 Å². The largest absolute Gasteiger partial charge is 0.313 e. The molecule has 106 valence electrons. The minimum atomic E-state index is -0.289. The molecule has 0 aliphatic rings. The molecule has 0 bridgehead atoms. The lowest BCUT2D eigenvalue weighted by Gasteiger charge is -2.17. The molecular weight excluding hydrogens is 392 g/mol. The quantitative estimate of drug-likeness (QED) is 0.756. The Morgan fingerprint density at radius 3 is 2.45 bits per heavy atom. The van der Waals surface area contributed by atoms with Crippen LogP contribution in [-0.2, 0) is 6.42 Å². The third kappa shape index (κ3) is 3.87.